The van der Waals surface area contributed by atoms with Gasteiger partial charge in [-0.3, -0.25) is 9.89 Å². The zero-order chi connectivity index (χ0) is 16.9. The largest absolute Gasteiger partial charge is 0.353 e. The van der Waals surface area contributed by atoms with Crippen LogP contribution >= 0.6 is 11.8 Å². The van der Waals surface area contributed by atoms with Gasteiger partial charge >= 0.3 is 0 Å². The third-order valence-electron chi connectivity index (χ3n) is 4.50. The maximum atomic E-state index is 12.1. The van der Waals surface area contributed by atoms with Crippen LogP contribution in [0.1, 0.15) is 38.2 Å². The van der Waals surface area contributed by atoms with E-state index in [4.69, 9.17) is 0 Å². The molecule has 1 saturated carbocycles. The van der Waals surface area contributed by atoms with Crippen LogP contribution in [0.15, 0.2) is 29.4 Å². The molecule has 0 bridgehead atoms. The fraction of sp³-hybridized carbons (Fsp3) is 0.500. The summed E-state index contributed by atoms with van der Waals surface area (Å²) in [6, 6.07) is 8.46. The topological polar surface area (TPSA) is 70.7 Å². The van der Waals surface area contributed by atoms with Crippen molar-refractivity contribution in [1.82, 2.24) is 20.5 Å². The Labute approximate surface area is 147 Å². The van der Waals surface area contributed by atoms with E-state index in [-0.39, 0.29) is 5.91 Å². The molecule has 0 saturated heterocycles. The number of benzene rings is 1. The van der Waals surface area contributed by atoms with Crippen molar-refractivity contribution in [1.29, 1.82) is 0 Å². The van der Waals surface area contributed by atoms with E-state index in [1.54, 1.807) is 0 Å². The van der Waals surface area contributed by atoms with Crippen LogP contribution in [0.5, 0.6) is 0 Å². The molecule has 5 nitrogen and oxygen atoms in total. The molecule has 1 aliphatic rings. The molecule has 1 heterocycles. The second-order valence-corrected chi connectivity index (χ2v) is 7.59. The number of carbonyl (C=O) groups excluding carboxylic acids is 1. The van der Waals surface area contributed by atoms with Crippen LogP contribution in [0.25, 0.3) is 11.4 Å². The Bertz CT molecular complexity index is 675. The highest BCUT2D eigenvalue weighted by atomic mass is 32.2. The maximum absolute atomic E-state index is 12.1. The molecule has 1 aromatic heterocycles. The van der Waals surface area contributed by atoms with Gasteiger partial charge in [-0.2, -0.15) is 0 Å². The van der Waals surface area contributed by atoms with E-state index >= 15 is 0 Å². The van der Waals surface area contributed by atoms with E-state index in [1.807, 2.05) is 24.3 Å². The van der Waals surface area contributed by atoms with Crippen LogP contribution in [0, 0.1) is 12.8 Å². The van der Waals surface area contributed by atoms with Gasteiger partial charge in [0, 0.05) is 11.6 Å². The summed E-state index contributed by atoms with van der Waals surface area (Å²) in [4.78, 5) is 16.5. The van der Waals surface area contributed by atoms with Crippen molar-refractivity contribution in [2.24, 2.45) is 5.92 Å². The van der Waals surface area contributed by atoms with Gasteiger partial charge in [0.15, 0.2) is 5.82 Å². The van der Waals surface area contributed by atoms with Gasteiger partial charge in [0.05, 0.1) is 5.75 Å². The Morgan fingerprint density at radius 2 is 1.96 bits per heavy atom. The van der Waals surface area contributed by atoms with Crippen molar-refractivity contribution in [2.75, 3.05) is 5.75 Å². The number of hydrogen-bond donors (Lipinski definition) is 2. The van der Waals surface area contributed by atoms with Gasteiger partial charge in [-0.25, -0.2) is 4.98 Å². The van der Waals surface area contributed by atoms with Gasteiger partial charge < -0.3 is 5.32 Å². The molecule has 1 fully saturated rings. The van der Waals surface area contributed by atoms with Crippen molar-refractivity contribution in [3.8, 4) is 11.4 Å². The van der Waals surface area contributed by atoms with Crippen LogP contribution in [0.2, 0.25) is 0 Å². The molecule has 0 unspecified atom stereocenters. The first kappa shape index (κ1) is 17.0. The van der Waals surface area contributed by atoms with E-state index in [1.165, 1.54) is 30.2 Å². The van der Waals surface area contributed by atoms with Crippen LogP contribution in [0.4, 0.5) is 0 Å². The average molecular weight is 344 g/mol. The van der Waals surface area contributed by atoms with Crippen LogP contribution in [-0.4, -0.2) is 32.9 Å². The number of nitrogens with one attached hydrogen (secondary N) is 2. The highest BCUT2D eigenvalue weighted by molar-refractivity contribution is 7.99. The number of carbonyl (C=O) groups is 1. The second kappa shape index (κ2) is 7.83. The molecule has 2 N–H and O–H groups in total. The van der Waals surface area contributed by atoms with E-state index in [0.29, 0.717) is 17.0 Å². The number of hydrogen-bond acceptors (Lipinski definition) is 4. The SMILES string of the molecule is Cc1ccc(-c2nc(SCC(=O)NC3CCC(C)CC3)n[nH]2)cc1. The lowest BCUT2D eigenvalue weighted by atomic mass is 9.87. The Kier molecular flexibility index (Phi) is 5.56. The fourth-order valence-electron chi connectivity index (χ4n) is 2.96. The van der Waals surface area contributed by atoms with Crippen molar-refractivity contribution < 1.29 is 4.79 Å². The van der Waals surface area contributed by atoms with Gasteiger partial charge in [-0.05, 0) is 38.5 Å². The molecule has 6 heteroatoms. The third kappa shape index (κ3) is 4.60. The first-order chi connectivity index (χ1) is 11.6. The predicted molar refractivity (Wildman–Crippen MR) is 96.8 cm³/mol. The first-order valence-electron chi connectivity index (χ1n) is 8.52. The Balaban J connectivity index is 1.48. The molecule has 24 heavy (non-hydrogen) atoms. The zero-order valence-corrected chi connectivity index (χ0v) is 15.0. The van der Waals surface area contributed by atoms with Gasteiger partial charge in [0.2, 0.25) is 11.1 Å². The van der Waals surface area contributed by atoms with E-state index < -0.39 is 0 Å². The molecular weight excluding hydrogens is 320 g/mol. The first-order valence-corrected chi connectivity index (χ1v) is 9.50. The third-order valence-corrected chi connectivity index (χ3v) is 5.35. The average Bonchev–Trinajstić information content (AvgIpc) is 3.05. The lowest BCUT2D eigenvalue weighted by molar-refractivity contribution is -0.119. The summed E-state index contributed by atoms with van der Waals surface area (Å²) in [5.74, 6) is 1.96. The van der Waals surface area contributed by atoms with Gasteiger partial charge in [-0.1, -0.05) is 48.5 Å². The summed E-state index contributed by atoms with van der Waals surface area (Å²) in [6.07, 6.45) is 4.60. The number of aromatic amines is 1. The summed E-state index contributed by atoms with van der Waals surface area (Å²) in [7, 11) is 0. The molecular formula is C18H24N4OS. The summed E-state index contributed by atoms with van der Waals surface area (Å²) in [6.45, 7) is 4.33. The summed E-state index contributed by atoms with van der Waals surface area (Å²) in [5, 5.41) is 10.9. The number of thioether (sulfide) groups is 1. The minimum Gasteiger partial charge on any atom is -0.353 e. The van der Waals surface area contributed by atoms with Crippen molar-refractivity contribution in [2.45, 2.75) is 50.7 Å². The molecule has 0 aliphatic heterocycles. The van der Waals surface area contributed by atoms with Crippen LogP contribution in [0.3, 0.4) is 0 Å². The summed E-state index contributed by atoms with van der Waals surface area (Å²) >= 11 is 1.37. The highest BCUT2D eigenvalue weighted by Crippen LogP contribution is 2.24. The molecule has 0 spiro atoms. The molecule has 1 aromatic carbocycles. The molecule has 1 aliphatic carbocycles. The minimum absolute atomic E-state index is 0.0706. The fourth-order valence-corrected chi connectivity index (χ4v) is 3.56. The molecule has 2 aromatic rings. The number of rotatable bonds is 5. The predicted octanol–water partition coefficient (Wildman–Crippen LogP) is 3.57. The standard InChI is InChI=1S/C18H24N4OS/c1-12-3-7-14(8-4-12)17-20-18(22-21-17)24-11-16(23)19-15-9-5-13(2)6-10-15/h3-4,7-8,13,15H,5-6,9-11H2,1-2H3,(H,19,23)(H,20,21,22). The van der Waals surface area contributed by atoms with Crippen LogP contribution < -0.4 is 5.32 Å². The number of H-pyrrole nitrogens is 1. The zero-order valence-electron chi connectivity index (χ0n) is 14.2. The Morgan fingerprint density at radius 1 is 1.25 bits per heavy atom. The minimum atomic E-state index is 0.0706. The summed E-state index contributed by atoms with van der Waals surface area (Å²) < 4.78 is 0. The normalized spacial score (nSPS) is 20.8. The number of aryl methyl sites for hydroxylation is 1. The van der Waals surface area contributed by atoms with Gasteiger partial charge in [0.25, 0.3) is 0 Å². The number of amides is 1. The molecule has 128 valence electrons. The number of aromatic nitrogens is 3. The van der Waals surface area contributed by atoms with E-state index in [9.17, 15) is 4.79 Å². The maximum Gasteiger partial charge on any atom is 0.230 e. The Hall–Kier alpha value is -1.82. The lowest BCUT2D eigenvalue weighted by Gasteiger charge is -2.26. The monoisotopic (exact) mass is 344 g/mol. The van der Waals surface area contributed by atoms with Crippen molar-refractivity contribution >= 4 is 17.7 Å². The quantitative estimate of drug-likeness (QED) is 0.814. The highest BCUT2D eigenvalue weighted by Gasteiger charge is 2.20. The molecule has 0 radical (unpaired) electrons. The van der Waals surface area contributed by atoms with Crippen molar-refractivity contribution in [3.05, 3.63) is 29.8 Å². The van der Waals surface area contributed by atoms with Crippen LogP contribution in [-0.2, 0) is 4.79 Å². The molecule has 0 atom stereocenters. The molecule has 3 rings (SSSR count). The van der Waals surface area contributed by atoms with Crippen molar-refractivity contribution in [3.63, 3.8) is 0 Å². The molecule has 1 amide bonds. The van der Waals surface area contributed by atoms with E-state index in [2.05, 4.69) is 34.3 Å². The smallest absolute Gasteiger partial charge is 0.230 e. The summed E-state index contributed by atoms with van der Waals surface area (Å²) in [5.41, 5.74) is 2.21. The second-order valence-electron chi connectivity index (χ2n) is 6.65. The van der Waals surface area contributed by atoms with Gasteiger partial charge in [-0.15, -0.1) is 5.10 Å². The lowest BCUT2D eigenvalue weighted by Crippen LogP contribution is -2.38. The number of nitrogens with zero attached hydrogens (tertiary/aromatic N) is 2. The van der Waals surface area contributed by atoms with Gasteiger partial charge in [0.1, 0.15) is 0 Å². The Morgan fingerprint density at radius 3 is 2.67 bits per heavy atom. The van der Waals surface area contributed by atoms with E-state index in [0.717, 1.165) is 30.1 Å².